The topological polar surface area (TPSA) is 55.9 Å². The third-order valence-electron chi connectivity index (χ3n) is 5.86. The van der Waals surface area contributed by atoms with Crippen LogP contribution in [-0.2, 0) is 9.59 Å². The summed E-state index contributed by atoms with van der Waals surface area (Å²) >= 11 is 0. The number of nitrogens with one attached hydrogen (secondary N) is 1. The summed E-state index contributed by atoms with van der Waals surface area (Å²) in [7, 11) is 6.33. The van der Waals surface area contributed by atoms with E-state index in [0.717, 1.165) is 25.9 Å². The lowest BCUT2D eigenvalue weighted by Gasteiger charge is -2.46. The Kier molecular flexibility index (Phi) is 7.04. The first-order valence-corrected chi connectivity index (χ1v) is 9.30. The summed E-state index contributed by atoms with van der Waals surface area (Å²) < 4.78 is 0. The van der Waals surface area contributed by atoms with Gasteiger partial charge in [0.05, 0.1) is 6.54 Å². The largest absolute Gasteiger partial charge is 0.347 e. The van der Waals surface area contributed by atoms with Gasteiger partial charge in [-0.05, 0) is 52.9 Å². The van der Waals surface area contributed by atoms with Gasteiger partial charge in [0.15, 0.2) is 0 Å². The van der Waals surface area contributed by atoms with Crippen molar-refractivity contribution >= 4 is 11.8 Å². The average Bonchev–Trinajstić information content (AvgIpc) is 2.59. The molecule has 0 aromatic heterocycles. The number of likely N-dealkylation sites (tertiary alicyclic amines) is 1. The number of nitrogens with zero attached hydrogens (tertiary/aromatic N) is 3. The molecule has 1 N–H and O–H groups in total. The van der Waals surface area contributed by atoms with Crippen molar-refractivity contribution in [2.24, 2.45) is 0 Å². The van der Waals surface area contributed by atoms with Gasteiger partial charge in [-0.15, -0.1) is 0 Å². The highest BCUT2D eigenvalue weighted by atomic mass is 16.2. The Morgan fingerprint density at radius 2 is 1.62 bits per heavy atom. The zero-order valence-corrected chi connectivity index (χ0v) is 15.8. The second-order valence-corrected chi connectivity index (χ2v) is 7.53. The van der Waals surface area contributed by atoms with E-state index in [1.54, 1.807) is 0 Å². The molecule has 1 aliphatic heterocycles. The summed E-state index contributed by atoms with van der Waals surface area (Å²) in [5.74, 6) is -0.140. The smallest absolute Gasteiger partial charge is 0.242 e. The van der Waals surface area contributed by atoms with Crippen LogP contribution < -0.4 is 5.32 Å². The number of carbonyl (C=O) groups excluding carboxylic acids is 2. The van der Waals surface area contributed by atoms with Crippen LogP contribution in [0.2, 0.25) is 0 Å². The quantitative estimate of drug-likeness (QED) is 0.810. The van der Waals surface area contributed by atoms with Crippen LogP contribution in [0.4, 0.5) is 0 Å². The minimum atomic E-state index is -0.152. The van der Waals surface area contributed by atoms with E-state index in [2.05, 4.69) is 29.2 Å². The van der Waals surface area contributed by atoms with Crippen molar-refractivity contribution in [3.05, 3.63) is 0 Å². The average molecular weight is 338 g/mol. The van der Waals surface area contributed by atoms with Crippen LogP contribution in [0, 0.1) is 0 Å². The Balaban J connectivity index is 1.98. The molecule has 1 aliphatic carbocycles. The van der Waals surface area contributed by atoms with E-state index >= 15 is 0 Å². The van der Waals surface area contributed by atoms with Crippen LogP contribution in [0.1, 0.15) is 45.4 Å². The molecule has 2 fully saturated rings. The molecule has 0 spiro atoms. The molecule has 0 aromatic carbocycles. The van der Waals surface area contributed by atoms with Crippen molar-refractivity contribution in [3.63, 3.8) is 0 Å². The fourth-order valence-electron chi connectivity index (χ4n) is 4.20. The maximum Gasteiger partial charge on any atom is 0.242 e. The van der Waals surface area contributed by atoms with Crippen molar-refractivity contribution < 1.29 is 9.59 Å². The van der Waals surface area contributed by atoms with E-state index < -0.39 is 0 Å². The summed E-state index contributed by atoms with van der Waals surface area (Å²) in [6, 6.07) is 1.30. The fourth-order valence-corrected chi connectivity index (χ4v) is 4.20. The zero-order chi connectivity index (χ0) is 17.7. The van der Waals surface area contributed by atoms with E-state index in [-0.39, 0.29) is 24.4 Å². The minimum absolute atomic E-state index is 0.0128. The van der Waals surface area contributed by atoms with Gasteiger partial charge in [-0.3, -0.25) is 14.5 Å². The third-order valence-corrected chi connectivity index (χ3v) is 5.86. The predicted octanol–water partition coefficient (Wildman–Crippen LogP) is 0.918. The van der Waals surface area contributed by atoms with Gasteiger partial charge in [-0.2, -0.15) is 0 Å². The van der Waals surface area contributed by atoms with E-state index in [4.69, 9.17) is 0 Å². The van der Waals surface area contributed by atoms with Gasteiger partial charge in [0.25, 0.3) is 0 Å². The van der Waals surface area contributed by atoms with E-state index in [1.165, 1.54) is 32.6 Å². The second-order valence-electron chi connectivity index (χ2n) is 7.53. The van der Waals surface area contributed by atoms with Gasteiger partial charge in [0.2, 0.25) is 11.8 Å². The van der Waals surface area contributed by atoms with Crippen molar-refractivity contribution in [3.8, 4) is 0 Å². The molecule has 6 nitrogen and oxygen atoms in total. The van der Waals surface area contributed by atoms with Gasteiger partial charge in [0.1, 0.15) is 0 Å². The Bertz CT molecular complexity index is 435. The van der Waals surface area contributed by atoms with Crippen LogP contribution in [-0.4, -0.2) is 85.4 Å². The lowest BCUT2D eigenvalue weighted by molar-refractivity contribution is -0.135. The van der Waals surface area contributed by atoms with Crippen LogP contribution >= 0.6 is 0 Å². The molecular formula is C18H34N4O2. The van der Waals surface area contributed by atoms with Gasteiger partial charge in [0, 0.05) is 32.1 Å². The maximum absolute atomic E-state index is 12.4. The first-order chi connectivity index (χ1) is 11.4. The maximum atomic E-state index is 12.4. The lowest BCUT2D eigenvalue weighted by atomic mass is 9.86. The van der Waals surface area contributed by atoms with Crippen molar-refractivity contribution in [2.75, 3.05) is 40.8 Å². The van der Waals surface area contributed by atoms with Crippen LogP contribution in [0.15, 0.2) is 0 Å². The van der Waals surface area contributed by atoms with Gasteiger partial charge in [-0.25, -0.2) is 0 Å². The number of hydrogen-bond acceptors (Lipinski definition) is 4. The third kappa shape index (κ3) is 4.93. The van der Waals surface area contributed by atoms with Crippen LogP contribution in [0.25, 0.3) is 0 Å². The molecule has 24 heavy (non-hydrogen) atoms. The number of carbonyl (C=O) groups is 2. The number of hydrogen-bond donors (Lipinski definition) is 1. The highest BCUT2D eigenvalue weighted by molar-refractivity contribution is 5.83. The molecule has 0 aromatic rings. The summed E-state index contributed by atoms with van der Waals surface area (Å²) in [5, 5.41) is 2.63. The molecule has 1 heterocycles. The second kappa shape index (κ2) is 8.81. The Labute approximate surface area is 146 Å². The lowest BCUT2D eigenvalue weighted by Crippen LogP contribution is -2.57. The van der Waals surface area contributed by atoms with Gasteiger partial charge >= 0.3 is 0 Å². The minimum Gasteiger partial charge on any atom is -0.347 e. The molecule has 2 rings (SSSR count). The van der Waals surface area contributed by atoms with Crippen LogP contribution in [0.5, 0.6) is 0 Å². The monoisotopic (exact) mass is 338 g/mol. The molecule has 2 aliphatic rings. The summed E-state index contributed by atoms with van der Waals surface area (Å²) in [4.78, 5) is 30.3. The SMILES string of the molecule is CC(=O)NCC(=O)N(C)[C@H]1CCCC[C@H]1N(C)C1CCN(C)CC1. The predicted molar refractivity (Wildman–Crippen MR) is 95.8 cm³/mol. The first kappa shape index (κ1) is 19.2. The molecule has 138 valence electrons. The first-order valence-electron chi connectivity index (χ1n) is 9.30. The fraction of sp³-hybridized carbons (Fsp3) is 0.889. The molecule has 2 amide bonds. The normalized spacial score (nSPS) is 26.4. The number of likely N-dealkylation sites (N-methyl/N-ethyl adjacent to an activating group) is 2. The molecule has 0 bridgehead atoms. The highest BCUT2D eigenvalue weighted by Crippen LogP contribution is 2.29. The number of piperidine rings is 1. The van der Waals surface area contributed by atoms with Crippen LogP contribution in [0.3, 0.4) is 0 Å². The Morgan fingerprint density at radius 1 is 1.04 bits per heavy atom. The molecule has 0 unspecified atom stereocenters. The van der Waals surface area contributed by atoms with Crippen molar-refractivity contribution in [1.29, 1.82) is 0 Å². The zero-order valence-electron chi connectivity index (χ0n) is 15.8. The number of amides is 2. The van der Waals surface area contributed by atoms with Crippen molar-refractivity contribution in [2.45, 2.75) is 63.6 Å². The Morgan fingerprint density at radius 3 is 2.21 bits per heavy atom. The van der Waals surface area contributed by atoms with Gasteiger partial charge < -0.3 is 15.1 Å². The highest BCUT2D eigenvalue weighted by Gasteiger charge is 2.36. The molecule has 1 saturated heterocycles. The van der Waals surface area contributed by atoms with Gasteiger partial charge in [-0.1, -0.05) is 12.8 Å². The standard InChI is InChI=1S/C18H34N4O2/c1-14(23)19-13-18(24)22(4)17-8-6-5-7-16(17)21(3)15-9-11-20(2)12-10-15/h15-17H,5-13H2,1-4H3,(H,19,23)/t16-,17+/m1/s1. The molecule has 2 atom stereocenters. The summed E-state index contributed by atoms with van der Waals surface area (Å²) in [6.45, 7) is 3.87. The molecular weight excluding hydrogens is 304 g/mol. The molecule has 6 heteroatoms. The van der Waals surface area contributed by atoms with Crippen molar-refractivity contribution in [1.82, 2.24) is 20.0 Å². The van der Waals surface area contributed by atoms with E-state index in [1.807, 2.05) is 11.9 Å². The summed E-state index contributed by atoms with van der Waals surface area (Å²) in [5.41, 5.74) is 0. The number of rotatable bonds is 5. The Hall–Kier alpha value is -1.14. The van der Waals surface area contributed by atoms with E-state index in [9.17, 15) is 9.59 Å². The van der Waals surface area contributed by atoms with E-state index in [0.29, 0.717) is 12.1 Å². The molecule has 1 saturated carbocycles. The summed E-state index contributed by atoms with van der Waals surface area (Å²) in [6.07, 6.45) is 7.06. The molecule has 0 radical (unpaired) electrons.